The Bertz CT molecular complexity index is 3420. The van der Waals surface area contributed by atoms with E-state index in [9.17, 15) is 0 Å². The first-order valence-electron chi connectivity index (χ1n) is 22.6. The third-order valence-electron chi connectivity index (χ3n) is 14.4. The van der Waals surface area contributed by atoms with Crippen molar-refractivity contribution in [3.05, 3.63) is 245 Å². The smallest absolute Gasteiger partial charge is 0.143 e. The Morgan fingerprint density at radius 3 is 1.80 bits per heavy atom. The first-order chi connectivity index (χ1) is 31.1. The molecule has 64 heavy (non-hydrogen) atoms. The van der Waals surface area contributed by atoms with Gasteiger partial charge in [0.05, 0.1) is 11.1 Å². The van der Waals surface area contributed by atoms with Gasteiger partial charge in [-0.25, -0.2) is 0 Å². The molecular weight excluding hydrogens is 775 g/mol. The number of nitrogens with zero attached hydrogens (tertiary/aromatic N) is 1. The van der Waals surface area contributed by atoms with Crippen LogP contribution in [0.5, 0.6) is 0 Å². The van der Waals surface area contributed by atoms with Crippen molar-refractivity contribution >= 4 is 39.0 Å². The maximum Gasteiger partial charge on any atom is 0.143 e. The number of para-hydroxylation sites is 2. The molecule has 5 aliphatic rings. The summed E-state index contributed by atoms with van der Waals surface area (Å²) in [5.41, 5.74) is 20.2. The fraction of sp³-hybridized carbons (Fsp3) is 0.129. The minimum absolute atomic E-state index is 0.0228. The predicted molar refractivity (Wildman–Crippen MR) is 267 cm³/mol. The summed E-state index contributed by atoms with van der Waals surface area (Å²) >= 11 is 0. The van der Waals surface area contributed by atoms with Crippen LogP contribution in [0, 0.1) is 0 Å². The van der Waals surface area contributed by atoms with Crippen molar-refractivity contribution in [1.29, 1.82) is 0 Å². The van der Waals surface area contributed by atoms with Gasteiger partial charge in [0.2, 0.25) is 0 Å². The van der Waals surface area contributed by atoms with Crippen LogP contribution in [-0.2, 0) is 16.2 Å². The van der Waals surface area contributed by atoms with E-state index in [1.807, 2.05) is 0 Å². The minimum Gasteiger partial charge on any atom is -0.455 e. The molecule has 0 N–H and O–H groups in total. The van der Waals surface area contributed by atoms with Gasteiger partial charge in [0.25, 0.3) is 0 Å². The fourth-order valence-corrected chi connectivity index (χ4v) is 11.0. The second-order valence-corrected chi connectivity index (χ2v) is 19.3. The molecule has 308 valence electrons. The highest BCUT2D eigenvalue weighted by Crippen LogP contribution is 2.58. The van der Waals surface area contributed by atoms with Crippen LogP contribution in [0.2, 0.25) is 0 Å². The summed E-state index contributed by atoms with van der Waals surface area (Å²) in [5, 5.41) is 2.26. The molecule has 1 atom stereocenters. The SMILES string of the molecule is CC(C)(C)c1ccc(C23c4ccc(cc4)C(C)(C)c4ccc5c(oc6ccccc65)c4-c4ccc(cc4)N(c4ccccc4-c4ccccc4)c4ccc(c2c4)-c2ccccc23)cc1. The zero-order chi connectivity index (χ0) is 43.4. The molecule has 1 unspecified atom stereocenters. The molecule has 1 aromatic heterocycles. The number of hydrogen-bond acceptors (Lipinski definition) is 2. The summed E-state index contributed by atoms with van der Waals surface area (Å²) in [6.45, 7) is 11.6. The molecule has 2 nitrogen and oxygen atoms in total. The second-order valence-electron chi connectivity index (χ2n) is 19.3. The predicted octanol–water partition coefficient (Wildman–Crippen LogP) is 16.7. The van der Waals surface area contributed by atoms with Crippen molar-refractivity contribution in [2.24, 2.45) is 0 Å². The van der Waals surface area contributed by atoms with Crippen LogP contribution in [0.1, 0.15) is 73.6 Å². The molecule has 15 rings (SSSR count). The van der Waals surface area contributed by atoms with E-state index in [0.717, 1.165) is 50.1 Å². The van der Waals surface area contributed by atoms with Gasteiger partial charge < -0.3 is 9.32 Å². The van der Waals surface area contributed by atoms with E-state index in [0.29, 0.717) is 0 Å². The first kappa shape index (κ1) is 38.3. The molecule has 0 fully saturated rings. The van der Waals surface area contributed by atoms with Crippen LogP contribution < -0.4 is 4.90 Å². The van der Waals surface area contributed by atoms with Crippen LogP contribution in [0.3, 0.4) is 0 Å². The number of rotatable bonds is 3. The number of anilines is 3. The van der Waals surface area contributed by atoms with Crippen molar-refractivity contribution in [1.82, 2.24) is 0 Å². The van der Waals surface area contributed by atoms with Gasteiger partial charge in [-0.05, 0) is 103 Å². The van der Waals surface area contributed by atoms with Crippen molar-refractivity contribution < 1.29 is 4.42 Å². The Balaban J connectivity index is 1.20. The Labute approximate surface area is 376 Å². The Morgan fingerprint density at radius 2 is 1.05 bits per heavy atom. The lowest BCUT2D eigenvalue weighted by atomic mass is 9.66. The Hall–Kier alpha value is -7.42. The van der Waals surface area contributed by atoms with Gasteiger partial charge in [0.15, 0.2) is 0 Å². The van der Waals surface area contributed by atoms with E-state index in [-0.39, 0.29) is 10.8 Å². The van der Waals surface area contributed by atoms with E-state index >= 15 is 0 Å². The summed E-state index contributed by atoms with van der Waals surface area (Å²) in [6.07, 6.45) is 0. The van der Waals surface area contributed by atoms with E-state index in [1.165, 1.54) is 61.2 Å². The maximum absolute atomic E-state index is 6.87. The molecular formula is C62H49NO. The molecule has 1 aliphatic carbocycles. The highest BCUT2D eigenvalue weighted by atomic mass is 16.3. The van der Waals surface area contributed by atoms with Crippen LogP contribution in [0.15, 0.2) is 211 Å². The molecule has 0 spiro atoms. The van der Waals surface area contributed by atoms with Gasteiger partial charge in [0, 0.05) is 38.7 Å². The van der Waals surface area contributed by atoms with Gasteiger partial charge in [0.1, 0.15) is 11.2 Å². The molecule has 0 saturated heterocycles. The van der Waals surface area contributed by atoms with E-state index < -0.39 is 5.41 Å². The minimum atomic E-state index is -0.592. The van der Waals surface area contributed by atoms with E-state index in [1.54, 1.807) is 0 Å². The molecule has 10 aromatic rings. The van der Waals surface area contributed by atoms with Crippen LogP contribution in [-0.4, -0.2) is 0 Å². The molecule has 5 heterocycles. The zero-order valence-electron chi connectivity index (χ0n) is 37.0. The van der Waals surface area contributed by atoms with E-state index in [4.69, 9.17) is 4.42 Å². The summed E-state index contributed by atoms with van der Waals surface area (Å²) in [5.74, 6) is 0. The third-order valence-corrected chi connectivity index (χ3v) is 14.4. The Morgan fingerprint density at radius 1 is 0.438 bits per heavy atom. The zero-order valence-corrected chi connectivity index (χ0v) is 37.0. The largest absolute Gasteiger partial charge is 0.455 e. The maximum atomic E-state index is 6.87. The molecule has 0 amide bonds. The highest BCUT2D eigenvalue weighted by Gasteiger charge is 2.47. The van der Waals surface area contributed by atoms with Crippen molar-refractivity contribution in [3.8, 4) is 33.4 Å². The van der Waals surface area contributed by atoms with Crippen LogP contribution in [0.25, 0.3) is 55.3 Å². The number of furan rings is 1. The highest BCUT2D eigenvalue weighted by molar-refractivity contribution is 6.10. The second kappa shape index (κ2) is 14.0. The van der Waals surface area contributed by atoms with Gasteiger partial charge in [-0.2, -0.15) is 0 Å². The molecule has 9 aromatic carbocycles. The van der Waals surface area contributed by atoms with Crippen molar-refractivity contribution in [2.75, 3.05) is 4.90 Å². The normalized spacial score (nSPS) is 16.0. The van der Waals surface area contributed by atoms with Gasteiger partial charge >= 0.3 is 0 Å². The van der Waals surface area contributed by atoms with Crippen LogP contribution in [0.4, 0.5) is 17.1 Å². The summed E-state index contributed by atoms with van der Waals surface area (Å²) < 4.78 is 6.87. The van der Waals surface area contributed by atoms with E-state index in [2.05, 4.69) is 246 Å². The standard InChI is InChI=1S/C62H49NO/c1-60(2,3)42-25-29-44(30-26-42)62-45-31-27-43(28-32-45)61(4,5)54-38-37-52-51-19-11-14-22-57(51)64-59(52)58(54)41-23-33-46(34-24-41)63(56-21-13-10-17-48(56)40-15-7-6-8-16-40)47-35-36-50(55(62)39-47)49-18-9-12-20-53(49)62/h6-39H,1-5H3. The number of benzene rings is 9. The van der Waals surface area contributed by atoms with Gasteiger partial charge in [-0.1, -0.05) is 204 Å². The quantitative estimate of drug-likeness (QED) is 0.176. The third kappa shape index (κ3) is 5.58. The lowest BCUT2D eigenvalue weighted by molar-refractivity contribution is 0.589. The van der Waals surface area contributed by atoms with Gasteiger partial charge in [-0.3, -0.25) is 0 Å². The Kier molecular flexibility index (Phi) is 8.40. The molecule has 2 heteroatoms. The monoisotopic (exact) mass is 823 g/mol. The lowest BCUT2D eigenvalue weighted by Crippen LogP contribution is -2.29. The van der Waals surface area contributed by atoms with Crippen LogP contribution >= 0.6 is 0 Å². The average molecular weight is 824 g/mol. The molecule has 4 aliphatic heterocycles. The lowest BCUT2D eigenvalue weighted by Gasteiger charge is -2.36. The first-order valence-corrected chi connectivity index (χ1v) is 22.6. The number of hydrogen-bond donors (Lipinski definition) is 0. The van der Waals surface area contributed by atoms with Gasteiger partial charge in [-0.15, -0.1) is 0 Å². The number of fused-ring (bicyclic) bond motifs is 5. The fourth-order valence-electron chi connectivity index (χ4n) is 11.0. The molecule has 0 saturated carbocycles. The topological polar surface area (TPSA) is 16.4 Å². The summed E-state index contributed by atoms with van der Waals surface area (Å²) in [4.78, 5) is 2.46. The van der Waals surface area contributed by atoms with Crippen molar-refractivity contribution in [2.45, 2.75) is 50.9 Å². The average Bonchev–Trinajstić information content (AvgIpc) is 3.85. The summed E-state index contributed by atoms with van der Waals surface area (Å²) in [7, 11) is 0. The molecule has 0 radical (unpaired) electrons. The molecule has 6 bridgehead atoms. The van der Waals surface area contributed by atoms with Crippen molar-refractivity contribution in [3.63, 3.8) is 0 Å². The summed E-state index contributed by atoms with van der Waals surface area (Å²) in [6, 6.07) is 77.2.